The molecule has 0 unspecified atom stereocenters. The number of nitrogens with two attached hydrogens (primary N) is 1. The van der Waals surface area contributed by atoms with E-state index in [9.17, 15) is 14.4 Å². The molecule has 1 saturated heterocycles. The normalized spacial score (nSPS) is 24.1. The smallest absolute Gasteiger partial charge is 0.306 e. The summed E-state index contributed by atoms with van der Waals surface area (Å²) < 4.78 is 5.22. The Kier molecular flexibility index (Phi) is 7.02. The molecule has 1 heterocycles. The summed E-state index contributed by atoms with van der Waals surface area (Å²) in [4.78, 5) is 34.8. The molecule has 22 heavy (non-hydrogen) atoms. The van der Waals surface area contributed by atoms with E-state index in [1.807, 2.05) is 39.0 Å². The number of ketones is 1. The number of allylic oxidation sites excluding steroid dienone is 4. The van der Waals surface area contributed by atoms with E-state index in [2.05, 4.69) is 0 Å². The first kappa shape index (κ1) is 18.1. The zero-order chi connectivity index (χ0) is 16.7. The van der Waals surface area contributed by atoms with Gasteiger partial charge in [0.15, 0.2) is 0 Å². The largest absolute Gasteiger partial charge is 0.462 e. The van der Waals surface area contributed by atoms with E-state index in [-0.39, 0.29) is 42.9 Å². The SMILES string of the molecule is C/C=C\C(C)=C\[C@@H](C)C(=O)C[C@H]1C[C@H](CC(N)=O)CC(=O)O1. The lowest BCUT2D eigenvalue weighted by Crippen LogP contribution is -2.34. The fourth-order valence-electron chi connectivity index (χ4n) is 2.75. The minimum atomic E-state index is -0.448. The molecule has 0 aromatic heterocycles. The predicted octanol–water partition coefficient (Wildman–Crippen LogP) is 2.30. The van der Waals surface area contributed by atoms with Gasteiger partial charge in [-0.3, -0.25) is 14.4 Å². The molecule has 5 nitrogen and oxygen atoms in total. The lowest BCUT2D eigenvalue weighted by atomic mass is 9.88. The molecule has 5 heteroatoms. The number of amides is 1. The van der Waals surface area contributed by atoms with Crippen LogP contribution in [-0.2, 0) is 19.1 Å². The van der Waals surface area contributed by atoms with Crippen molar-refractivity contribution in [2.45, 2.75) is 52.6 Å². The van der Waals surface area contributed by atoms with Crippen molar-refractivity contribution >= 4 is 17.7 Å². The zero-order valence-corrected chi connectivity index (χ0v) is 13.5. The maximum Gasteiger partial charge on any atom is 0.306 e. The molecule has 0 aromatic rings. The summed E-state index contributed by atoms with van der Waals surface area (Å²) in [7, 11) is 0. The van der Waals surface area contributed by atoms with E-state index in [1.165, 1.54) is 0 Å². The van der Waals surface area contributed by atoms with Crippen LogP contribution >= 0.6 is 0 Å². The monoisotopic (exact) mass is 307 g/mol. The minimum Gasteiger partial charge on any atom is -0.462 e. The minimum absolute atomic E-state index is 0.0291. The van der Waals surface area contributed by atoms with Crippen molar-refractivity contribution in [3.05, 3.63) is 23.8 Å². The van der Waals surface area contributed by atoms with Gasteiger partial charge < -0.3 is 10.5 Å². The summed E-state index contributed by atoms with van der Waals surface area (Å²) in [5.41, 5.74) is 6.20. The highest BCUT2D eigenvalue weighted by molar-refractivity contribution is 5.83. The van der Waals surface area contributed by atoms with Crippen LogP contribution in [0.25, 0.3) is 0 Å². The van der Waals surface area contributed by atoms with Gasteiger partial charge in [0.05, 0.1) is 0 Å². The van der Waals surface area contributed by atoms with Gasteiger partial charge in [-0.1, -0.05) is 30.7 Å². The van der Waals surface area contributed by atoms with Crippen LogP contribution in [0.2, 0.25) is 0 Å². The Morgan fingerprint density at radius 3 is 2.68 bits per heavy atom. The average Bonchev–Trinajstić information content (AvgIpc) is 2.36. The summed E-state index contributed by atoms with van der Waals surface area (Å²) in [6.45, 7) is 5.69. The molecule has 3 atom stereocenters. The van der Waals surface area contributed by atoms with Crippen LogP contribution in [0.5, 0.6) is 0 Å². The third-order valence-corrected chi connectivity index (χ3v) is 3.72. The number of esters is 1. The topological polar surface area (TPSA) is 86.5 Å². The van der Waals surface area contributed by atoms with Crippen molar-refractivity contribution in [2.24, 2.45) is 17.6 Å². The summed E-state index contributed by atoms with van der Waals surface area (Å²) >= 11 is 0. The maximum absolute atomic E-state index is 12.2. The van der Waals surface area contributed by atoms with Crippen molar-refractivity contribution in [1.29, 1.82) is 0 Å². The molecular weight excluding hydrogens is 282 g/mol. The Morgan fingerprint density at radius 1 is 1.41 bits per heavy atom. The molecule has 2 N–H and O–H groups in total. The van der Waals surface area contributed by atoms with Gasteiger partial charge >= 0.3 is 5.97 Å². The number of rotatable bonds is 7. The molecule has 0 aromatic carbocycles. The molecule has 1 aliphatic rings. The Hall–Kier alpha value is -1.91. The lowest BCUT2D eigenvalue weighted by Gasteiger charge is -2.28. The van der Waals surface area contributed by atoms with Gasteiger partial charge in [0, 0.05) is 25.2 Å². The fourth-order valence-corrected chi connectivity index (χ4v) is 2.75. The molecule has 0 aliphatic carbocycles. The van der Waals surface area contributed by atoms with Crippen molar-refractivity contribution < 1.29 is 19.1 Å². The number of carbonyl (C=O) groups excluding carboxylic acids is 3. The van der Waals surface area contributed by atoms with Gasteiger partial charge in [-0.2, -0.15) is 0 Å². The van der Waals surface area contributed by atoms with E-state index < -0.39 is 12.0 Å². The third-order valence-electron chi connectivity index (χ3n) is 3.72. The van der Waals surface area contributed by atoms with Crippen LogP contribution < -0.4 is 5.73 Å². The summed E-state index contributed by atoms with van der Waals surface area (Å²) in [5.74, 6) is -1.10. The first-order valence-electron chi connectivity index (χ1n) is 7.63. The molecule has 0 bridgehead atoms. The Balaban J connectivity index is 2.60. The molecular formula is C17H25NO4. The van der Waals surface area contributed by atoms with E-state index in [4.69, 9.17) is 10.5 Å². The Morgan fingerprint density at radius 2 is 2.09 bits per heavy atom. The maximum atomic E-state index is 12.2. The van der Waals surface area contributed by atoms with Crippen molar-refractivity contribution in [2.75, 3.05) is 0 Å². The molecule has 0 radical (unpaired) electrons. The number of ether oxygens (including phenoxy) is 1. The highest BCUT2D eigenvalue weighted by Crippen LogP contribution is 2.26. The van der Waals surface area contributed by atoms with Crippen molar-refractivity contribution in [3.63, 3.8) is 0 Å². The fraction of sp³-hybridized carbons (Fsp3) is 0.588. The first-order chi connectivity index (χ1) is 10.3. The molecule has 1 aliphatic heterocycles. The van der Waals surface area contributed by atoms with Gasteiger partial charge in [-0.15, -0.1) is 0 Å². The zero-order valence-electron chi connectivity index (χ0n) is 13.5. The number of cyclic esters (lactones) is 1. The Bertz CT molecular complexity index is 491. The van der Waals surface area contributed by atoms with Crippen LogP contribution in [0.4, 0.5) is 0 Å². The van der Waals surface area contributed by atoms with Crippen LogP contribution in [0.15, 0.2) is 23.8 Å². The van der Waals surface area contributed by atoms with Gasteiger partial charge in [0.25, 0.3) is 0 Å². The predicted molar refractivity (Wildman–Crippen MR) is 83.8 cm³/mol. The molecule has 0 saturated carbocycles. The second-order valence-electron chi connectivity index (χ2n) is 5.96. The van der Waals surface area contributed by atoms with Gasteiger partial charge in [0.1, 0.15) is 11.9 Å². The van der Waals surface area contributed by atoms with E-state index in [0.717, 1.165) is 5.57 Å². The first-order valence-corrected chi connectivity index (χ1v) is 7.63. The van der Waals surface area contributed by atoms with E-state index >= 15 is 0 Å². The van der Waals surface area contributed by atoms with Crippen molar-refractivity contribution in [1.82, 2.24) is 0 Å². The van der Waals surface area contributed by atoms with Crippen LogP contribution in [0, 0.1) is 11.8 Å². The molecule has 1 rings (SSSR count). The van der Waals surface area contributed by atoms with Crippen LogP contribution in [0.1, 0.15) is 46.5 Å². The summed E-state index contributed by atoms with van der Waals surface area (Å²) in [5, 5.41) is 0. The second kappa shape index (κ2) is 8.51. The standard InChI is InChI=1S/C17H25NO4/c1-4-5-11(2)6-12(3)15(19)10-14-7-13(8-16(18)20)9-17(21)22-14/h4-6,12-14H,7-10H2,1-3H3,(H2,18,20)/b5-4-,11-6+/t12-,13-,14-/m1/s1. The second-order valence-corrected chi connectivity index (χ2v) is 5.96. The number of carbonyl (C=O) groups is 3. The summed E-state index contributed by atoms with van der Waals surface area (Å²) in [6.07, 6.45) is 6.36. The summed E-state index contributed by atoms with van der Waals surface area (Å²) in [6, 6.07) is 0. The number of hydrogen-bond donors (Lipinski definition) is 1. The quantitative estimate of drug-likeness (QED) is 0.577. The molecule has 1 fully saturated rings. The van der Waals surface area contributed by atoms with Gasteiger partial charge in [-0.05, 0) is 26.2 Å². The van der Waals surface area contributed by atoms with Gasteiger partial charge in [-0.25, -0.2) is 0 Å². The Labute approximate surface area is 131 Å². The third kappa shape index (κ3) is 6.24. The molecule has 0 spiro atoms. The molecule has 1 amide bonds. The van der Waals surface area contributed by atoms with Crippen LogP contribution in [0.3, 0.4) is 0 Å². The van der Waals surface area contributed by atoms with Crippen molar-refractivity contribution in [3.8, 4) is 0 Å². The lowest BCUT2D eigenvalue weighted by molar-refractivity contribution is -0.158. The number of hydrogen-bond acceptors (Lipinski definition) is 4. The van der Waals surface area contributed by atoms with E-state index in [1.54, 1.807) is 0 Å². The number of Topliss-reactive ketones (excluding diaryl/α,β-unsaturated/α-hetero) is 1. The highest BCUT2D eigenvalue weighted by Gasteiger charge is 2.31. The van der Waals surface area contributed by atoms with Crippen LogP contribution in [-0.4, -0.2) is 23.8 Å². The highest BCUT2D eigenvalue weighted by atomic mass is 16.5. The molecule has 122 valence electrons. The average molecular weight is 307 g/mol. The van der Waals surface area contributed by atoms with Gasteiger partial charge in [0.2, 0.25) is 5.91 Å². The van der Waals surface area contributed by atoms with E-state index in [0.29, 0.717) is 6.42 Å². The number of primary amides is 1.